The van der Waals surface area contributed by atoms with Crippen LogP contribution in [0.4, 0.5) is 0 Å². The molecule has 1 fully saturated rings. The van der Waals surface area contributed by atoms with Crippen molar-refractivity contribution in [2.24, 2.45) is 0 Å². The number of ether oxygens (including phenoxy) is 2. The molecular formula is C18H21NO3. The molecule has 0 saturated carbocycles. The number of hydroxylamine groups is 2. The molecule has 0 spiro atoms. The molecule has 0 bridgehead atoms. The summed E-state index contributed by atoms with van der Waals surface area (Å²) < 4.78 is 11.9. The van der Waals surface area contributed by atoms with Crippen LogP contribution in [0.1, 0.15) is 11.1 Å². The maximum absolute atomic E-state index is 9.74. The molecule has 2 aromatic rings. The average molecular weight is 299 g/mol. The fourth-order valence-corrected chi connectivity index (χ4v) is 2.60. The van der Waals surface area contributed by atoms with Crippen molar-refractivity contribution in [1.82, 2.24) is 5.06 Å². The third-order valence-corrected chi connectivity index (χ3v) is 3.81. The number of hydrogen-bond donors (Lipinski definition) is 1. The Labute approximate surface area is 130 Å². The Kier molecular flexibility index (Phi) is 5.19. The number of nitrogens with zero attached hydrogens (tertiary/aromatic N) is 1. The van der Waals surface area contributed by atoms with Gasteiger partial charge in [-0.25, -0.2) is 0 Å². The highest BCUT2D eigenvalue weighted by atomic mass is 16.6. The van der Waals surface area contributed by atoms with Gasteiger partial charge in [0.1, 0.15) is 12.2 Å². The van der Waals surface area contributed by atoms with Gasteiger partial charge in [-0.3, -0.25) is 0 Å². The van der Waals surface area contributed by atoms with Gasteiger partial charge in [-0.05, 0) is 11.1 Å². The van der Waals surface area contributed by atoms with Gasteiger partial charge in [0.2, 0.25) is 0 Å². The smallest absolute Gasteiger partial charge is 0.100 e. The Bertz CT molecular complexity index is 510. The zero-order chi connectivity index (χ0) is 15.2. The van der Waals surface area contributed by atoms with Crippen molar-refractivity contribution in [3.63, 3.8) is 0 Å². The summed E-state index contributed by atoms with van der Waals surface area (Å²) in [5.41, 5.74) is 2.25. The van der Waals surface area contributed by atoms with E-state index in [1.165, 1.54) is 5.06 Å². The molecule has 0 aromatic heterocycles. The second kappa shape index (κ2) is 7.51. The van der Waals surface area contributed by atoms with Gasteiger partial charge in [-0.1, -0.05) is 60.7 Å². The third-order valence-electron chi connectivity index (χ3n) is 3.81. The van der Waals surface area contributed by atoms with E-state index in [2.05, 4.69) is 0 Å². The van der Waals surface area contributed by atoms with Gasteiger partial charge in [-0.15, -0.1) is 0 Å². The first-order valence-electron chi connectivity index (χ1n) is 7.56. The summed E-state index contributed by atoms with van der Waals surface area (Å²) >= 11 is 0. The van der Waals surface area contributed by atoms with E-state index >= 15 is 0 Å². The van der Waals surface area contributed by atoms with Crippen LogP contribution < -0.4 is 0 Å². The molecule has 2 aromatic carbocycles. The van der Waals surface area contributed by atoms with Crippen LogP contribution in [-0.2, 0) is 22.7 Å². The van der Waals surface area contributed by atoms with Gasteiger partial charge < -0.3 is 14.7 Å². The van der Waals surface area contributed by atoms with Crippen molar-refractivity contribution in [1.29, 1.82) is 0 Å². The lowest BCUT2D eigenvalue weighted by molar-refractivity contribution is -0.0841. The molecule has 0 amide bonds. The predicted octanol–water partition coefficient (Wildman–Crippen LogP) is 2.86. The van der Waals surface area contributed by atoms with Crippen LogP contribution in [0.25, 0.3) is 0 Å². The fraction of sp³-hybridized carbons (Fsp3) is 0.333. The molecule has 22 heavy (non-hydrogen) atoms. The van der Waals surface area contributed by atoms with Crippen molar-refractivity contribution in [2.45, 2.75) is 25.4 Å². The van der Waals surface area contributed by atoms with Crippen molar-refractivity contribution in [2.75, 3.05) is 13.1 Å². The molecule has 116 valence electrons. The summed E-state index contributed by atoms with van der Waals surface area (Å²) in [6.45, 7) is 2.02. The topological polar surface area (TPSA) is 41.9 Å². The van der Waals surface area contributed by atoms with Crippen LogP contribution in [0.3, 0.4) is 0 Å². The fourth-order valence-electron chi connectivity index (χ4n) is 2.60. The van der Waals surface area contributed by atoms with Crippen molar-refractivity contribution < 1.29 is 14.7 Å². The normalized spacial score (nSPS) is 22.0. The van der Waals surface area contributed by atoms with Crippen LogP contribution in [-0.4, -0.2) is 35.6 Å². The van der Waals surface area contributed by atoms with Gasteiger partial charge in [0.15, 0.2) is 0 Å². The summed E-state index contributed by atoms with van der Waals surface area (Å²) in [5.74, 6) is 0. The second-order valence-electron chi connectivity index (χ2n) is 5.54. The molecule has 0 radical (unpaired) electrons. The van der Waals surface area contributed by atoms with Crippen LogP contribution in [0.15, 0.2) is 60.7 Å². The monoisotopic (exact) mass is 299 g/mol. The van der Waals surface area contributed by atoms with Gasteiger partial charge in [0.05, 0.1) is 26.3 Å². The summed E-state index contributed by atoms with van der Waals surface area (Å²) in [7, 11) is 0. The second-order valence-corrected chi connectivity index (χ2v) is 5.54. The lowest BCUT2D eigenvalue weighted by Gasteiger charge is -2.19. The standard InChI is InChI=1S/C18H21NO3/c20-19-11-17(21-13-15-7-3-1-4-8-15)18(12-19)22-14-16-9-5-2-6-10-16/h1-10,17-18,20H,11-14H2/t17-,18-/m0/s1. The predicted molar refractivity (Wildman–Crippen MR) is 83.4 cm³/mol. The molecule has 2 atom stereocenters. The molecule has 4 nitrogen and oxygen atoms in total. The first-order valence-corrected chi connectivity index (χ1v) is 7.56. The number of rotatable bonds is 6. The van der Waals surface area contributed by atoms with E-state index in [0.717, 1.165) is 11.1 Å². The quantitative estimate of drug-likeness (QED) is 0.890. The van der Waals surface area contributed by atoms with E-state index in [9.17, 15) is 5.21 Å². The Morgan fingerprint density at radius 3 is 1.59 bits per heavy atom. The van der Waals surface area contributed by atoms with Crippen molar-refractivity contribution >= 4 is 0 Å². The lowest BCUT2D eigenvalue weighted by atomic mass is 10.2. The Balaban J connectivity index is 1.53. The molecular weight excluding hydrogens is 278 g/mol. The third kappa shape index (κ3) is 4.15. The first-order chi connectivity index (χ1) is 10.8. The van der Waals surface area contributed by atoms with E-state index in [0.29, 0.717) is 26.3 Å². The lowest BCUT2D eigenvalue weighted by Crippen LogP contribution is -2.29. The average Bonchev–Trinajstić information content (AvgIpc) is 2.93. The maximum atomic E-state index is 9.74. The van der Waals surface area contributed by atoms with Crippen LogP contribution in [0.5, 0.6) is 0 Å². The van der Waals surface area contributed by atoms with E-state index in [1.54, 1.807) is 0 Å². The van der Waals surface area contributed by atoms with E-state index < -0.39 is 0 Å². The molecule has 3 rings (SSSR count). The highest BCUT2D eigenvalue weighted by molar-refractivity contribution is 5.14. The van der Waals surface area contributed by atoms with E-state index in [-0.39, 0.29) is 12.2 Å². The van der Waals surface area contributed by atoms with Gasteiger partial charge in [0.25, 0.3) is 0 Å². The SMILES string of the molecule is ON1C[C@H](OCc2ccccc2)[C@@H](OCc2ccccc2)C1. The van der Waals surface area contributed by atoms with Crippen molar-refractivity contribution in [3.05, 3.63) is 71.8 Å². The molecule has 1 N–H and O–H groups in total. The Morgan fingerprint density at radius 1 is 0.773 bits per heavy atom. The molecule has 1 aliphatic rings. The summed E-state index contributed by atoms with van der Waals surface area (Å²) in [6, 6.07) is 20.1. The Hall–Kier alpha value is -1.72. The number of hydrogen-bond acceptors (Lipinski definition) is 4. The van der Waals surface area contributed by atoms with Gasteiger partial charge >= 0.3 is 0 Å². The van der Waals surface area contributed by atoms with Crippen LogP contribution >= 0.6 is 0 Å². The maximum Gasteiger partial charge on any atom is 0.100 e. The molecule has 4 heteroatoms. The largest absolute Gasteiger partial charge is 0.369 e. The minimum absolute atomic E-state index is 0.117. The molecule has 1 saturated heterocycles. The van der Waals surface area contributed by atoms with Crippen molar-refractivity contribution in [3.8, 4) is 0 Å². The first kappa shape index (κ1) is 15.2. The molecule has 1 heterocycles. The molecule has 0 unspecified atom stereocenters. The summed E-state index contributed by atoms with van der Waals surface area (Å²) in [6.07, 6.45) is -0.233. The zero-order valence-corrected chi connectivity index (χ0v) is 12.5. The Morgan fingerprint density at radius 2 is 1.18 bits per heavy atom. The summed E-state index contributed by atoms with van der Waals surface area (Å²) in [5, 5.41) is 11.0. The summed E-state index contributed by atoms with van der Waals surface area (Å²) in [4.78, 5) is 0. The number of benzene rings is 2. The molecule has 1 aliphatic heterocycles. The van der Waals surface area contributed by atoms with Gasteiger partial charge in [-0.2, -0.15) is 5.06 Å². The highest BCUT2D eigenvalue weighted by Gasteiger charge is 2.33. The minimum Gasteiger partial charge on any atom is -0.369 e. The zero-order valence-electron chi connectivity index (χ0n) is 12.5. The van der Waals surface area contributed by atoms with Crippen LogP contribution in [0.2, 0.25) is 0 Å². The molecule has 0 aliphatic carbocycles. The van der Waals surface area contributed by atoms with E-state index in [4.69, 9.17) is 9.47 Å². The van der Waals surface area contributed by atoms with Gasteiger partial charge in [0, 0.05) is 0 Å². The minimum atomic E-state index is -0.117. The van der Waals surface area contributed by atoms with E-state index in [1.807, 2.05) is 60.7 Å². The van der Waals surface area contributed by atoms with Crippen LogP contribution in [0, 0.1) is 0 Å². The highest BCUT2D eigenvalue weighted by Crippen LogP contribution is 2.18.